The maximum absolute atomic E-state index is 11.7. The van der Waals surface area contributed by atoms with Gasteiger partial charge in [0.25, 0.3) is 0 Å². The first-order valence-corrected chi connectivity index (χ1v) is 9.30. The summed E-state index contributed by atoms with van der Waals surface area (Å²) in [6.45, 7) is 0. The number of hydrogen-bond donors (Lipinski definition) is 0. The zero-order chi connectivity index (χ0) is 21.1. The predicted molar refractivity (Wildman–Crippen MR) is 115 cm³/mol. The molecular weight excluding hydrogens is 380 g/mol. The molecule has 0 unspecified atom stereocenters. The van der Waals surface area contributed by atoms with E-state index in [-0.39, 0.29) is 5.97 Å². The number of aromatic nitrogens is 2. The SMILES string of the molecule is COC(=O)c1ccc(-c2ncnc3ccc(-c4ccc(OC)c(OC)c4)cc23)cc1. The highest BCUT2D eigenvalue weighted by Crippen LogP contribution is 2.34. The first-order valence-electron chi connectivity index (χ1n) is 9.30. The van der Waals surface area contributed by atoms with Gasteiger partial charge in [0.1, 0.15) is 6.33 Å². The maximum Gasteiger partial charge on any atom is 0.337 e. The van der Waals surface area contributed by atoms with E-state index in [2.05, 4.69) is 16.0 Å². The van der Waals surface area contributed by atoms with E-state index in [1.165, 1.54) is 7.11 Å². The number of esters is 1. The van der Waals surface area contributed by atoms with E-state index in [1.54, 1.807) is 32.7 Å². The number of methoxy groups -OCH3 is 3. The van der Waals surface area contributed by atoms with Crippen molar-refractivity contribution < 1.29 is 19.0 Å². The molecule has 0 aliphatic carbocycles. The van der Waals surface area contributed by atoms with Crippen molar-refractivity contribution in [1.82, 2.24) is 9.97 Å². The van der Waals surface area contributed by atoms with Crippen molar-refractivity contribution in [1.29, 1.82) is 0 Å². The van der Waals surface area contributed by atoms with E-state index >= 15 is 0 Å². The summed E-state index contributed by atoms with van der Waals surface area (Å²) < 4.78 is 15.5. The molecule has 30 heavy (non-hydrogen) atoms. The van der Waals surface area contributed by atoms with Gasteiger partial charge in [-0.3, -0.25) is 0 Å². The Balaban J connectivity index is 1.81. The van der Waals surface area contributed by atoms with Gasteiger partial charge in [-0.2, -0.15) is 0 Å². The zero-order valence-corrected chi connectivity index (χ0v) is 16.9. The first-order chi connectivity index (χ1) is 14.6. The fraction of sp³-hybridized carbons (Fsp3) is 0.125. The summed E-state index contributed by atoms with van der Waals surface area (Å²) in [4.78, 5) is 20.6. The third kappa shape index (κ3) is 3.55. The Kier molecular flexibility index (Phi) is 5.30. The molecular formula is C24H20N2O4. The van der Waals surface area contributed by atoms with Gasteiger partial charge >= 0.3 is 5.97 Å². The van der Waals surface area contributed by atoms with Crippen LogP contribution in [0.4, 0.5) is 0 Å². The molecule has 150 valence electrons. The molecule has 0 saturated carbocycles. The number of ether oxygens (including phenoxy) is 3. The maximum atomic E-state index is 11.7. The van der Waals surface area contributed by atoms with Crippen LogP contribution in [0.3, 0.4) is 0 Å². The van der Waals surface area contributed by atoms with E-state index in [1.807, 2.05) is 42.5 Å². The highest BCUT2D eigenvalue weighted by Gasteiger charge is 2.12. The normalized spacial score (nSPS) is 10.6. The molecule has 0 N–H and O–H groups in total. The van der Waals surface area contributed by atoms with Gasteiger partial charge in [0, 0.05) is 10.9 Å². The summed E-state index contributed by atoms with van der Waals surface area (Å²) in [7, 11) is 4.60. The Morgan fingerprint density at radius 1 is 0.733 bits per heavy atom. The van der Waals surface area contributed by atoms with Gasteiger partial charge in [0.05, 0.1) is 38.1 Å². The number of nitrogens with zero attached hydrogens (tertiary/aromatic N) is 2. The lowest BCUT2D eigenvalue weighted by molar-refractivity contribution is 0.0601. The molecule has 0 bridgehead atoms. The minimum Gasteiger partial charge on any atom is -0.493 e. The van der Waals surface area contributed by atoms with Crippen molar-refractivity contribution in [2.24, 2.45) is 0 Å². The molecule has 4 rings (SSSR count). The summed E-state index contributed by atoms with van der Waals surface area (Å²) >= 11 is 0. The monoisotopic (exact) mass is 400 g/mol. The Hall–Kier alpha value is -3.93. The van der Waals surface area contributed by atoms with E-state index in [0.29, 0.717) is 17.1 Å². The lowest BCUT2D eigenvalue weighted by atomic mass is 9.99. The van der Waals surface area contributed by atoms with Gasteiger partial charge < -0.3 is 14.2 Å². The first kappa shape index (κ1) is 19.4. The number of fused-ring (bicyclic) bond motifs is 1. The van der Waals surface area contributed by atoms with Crippen LogP contribution in [0, 0.1) is 0 Å². The Morgan fingerprint density at radius 2 is 1.40 bits per heavy atom. The second kappa shape index (κ2) is 8.21. The molecule has 0 amide bonds. The van der Waals surface area contributed by atoms with Crippen molar-refractivity contribution in [2.75, 3.05) is 21.3 Å². The fourth-order valence-electron chi connectivity index (χ4n) is 3.36. The highest BCUT2D eigenvalue weighted by molar-refractivity contribution is 5.96. The van der Waals surface area contributed by atoms with Gasteiger partial charge in [-0.15, -0.1) is 0 Å². The van der Waals surface area contributed by atoms with Crippen LogP contribution in [0.5, 0.6) is 11.5 Å². The van der Waals surface area contributed by atoms with Crippen molar-refractivity contribution in [3.05, 3.63) is 72.6 Å². The lowest BCUT2D eigenvalue weighted by Gasteiger charge is -2.11. The molecule has 0 fully saturated rings. The van der Waals surface area contributed by atoms with Gasteiger partial charge in [0.15, 0.2) is 11.5 Å². The summed E-state index contributed by atoms with van der Waals surface area (Å²) in [5.41, 5.74) is 5.00. The number of rotatable bonds is 5. The van der Waals surface area contributed by atoms with Crippen molar-refractivity contribution >= 4 is 16.9 Å². The zero-order valence-electron chi connectivity index (χ0n) is 16.9. The molecule has 0 atom stereocenters. The summed E-state index contributed by atoms with van der Waals surface area (Å²) in [6.07, 6.45) is 1.54. The second-order valence-electron chi connectivity index (χ2n) is 6.59. The molecule has 1 heterocycles. The quantitative estimate of drug-likeness (QED) is 0.450. The van der Waals surface area contributed by atoms with Crippen LogP contribution < -0.4 is 9.47 Å². The predicted octanol–water partition coefficient (Wildman–Crippen LogP) is 4.77. The third-order valence-electron chi connectivity index (χ3n) is 4.93. The molecule has 0 radical (unpaired) electrons. The van der Waals surface area contributed by atoms with Gasteiger partial charge in [0.2, 0.25) is 0 Å². The van der Waals surface area contributed by atoms with Crippen molar-refractivity contribution in [3.8, 4) is 33.9 Å². The molecule has 0 aliphatic rings. The molecule has 0 aliphatic heterocycles. The van der Waals surface area contributed by atoms with Crippen LogP contribution in [-0.2, 0) is 4.74 Å². The Bertz CT molecular complexity index is 1220. The highest BCUT2D eigenvalue weighted by atomic mass is 16.5. The number of hydrogen-bond acceptors (Lipinski definition) is 6. The third-order valence-corrected chi connectivity index (χ3v) is 4.93. The topological polar surface area (TPSA) is 70.5 Å². The lowest BCUT2D eigenvalue weighted by Crippen LogP contribution is -2.00. The minimum absolute atomic E-state index is 0.371. The van der Waals surface area contributed by atoms with Crippen LogP contribution >= 0.6 is 0 Å². The molecule has 3 aromatic carbocycles. The number of carbonyl (C=O) groups excluding carboxylic acids is 1. The summed E-state index contributed by atoms with van der Waals surface area (Å²) in [5.74, 6) is 0.972. The minimum atomic E-state index is -0.371. The van der Waals surface area contributed by atoms with Crippen LogP contribution in [-0.4, -0.2) is 37.3 Å². The largest absolute Gasteiger partial charge is 0.493 e. The Labute approximate surface area is 174 Å². The number of carbonyl (C=O) groups is 1. The second-order valence-corrected chi connectivity index (χ2v) is 6.59. The van der Waals surface area contributed by atoms with E-state index in [4.69, 9.17) is 14.2 Å². The Morgan fingerprint density at radius 3 is 2.10 bits per heavy atom. The summed E-state index contributed by atoms with van der Waals surface area (Å²) in [6, 6.07) is 19.0. The van der Waals surface area contributed by atoms with Crippen LogP contribution in [0.15, 0.2) is 67.0 Å². The fourth-order valence-corrected chi connectivity index (χ4v) is 3.36. The molecule has 1 aromatic heterocycles. The van der Waals surface area contributed by atoms with Gasteiger partial charge in [-0.1, -0.05) is 24.3 Å². The molecule has 6 nitrogen and oxygen atoms in total. The van der Waals surface area contributed by atoms with Crippen LogP contribution in [0.1, 0.15) is 10.4 Å². The molecule has 0 spiro atoms. The summed E-state index contributed by atoms with van der Waals surface area (Å²) in [5, 5.41) is 0.913. The van der Waals surface area contributed by atoms with Gasteiger partial charge in [-0.05, 0) is 47.5 Å². The molecule has 0 saturated heterocycles. The standard InChI is InChI=1S/C24H20N2O4/c1-28-21-11-9-18(13-22(21)29-2)17-8-10-20-19(12-17)23(26-14-25-20)15-4-6-16(7-5-15)24(27)30-3/h4-14H,1-3H3. The molecule has 6 heteroatoms. The number of benzene rings is 3. The van der Waals surface area contributed by atoms with E-state index in [0.717, 1.165) is 33.3 Å². The average molecular weight is 400 g/mol. The van der Waals surface area contributed by atoms with Crippen molar-refractivity contribution in [2.45, 2.75) is 0 Å². The van der Waals surface area contributed by atoms with Gasteiger partial charge in [-0.25, -0.2) is 14.8 Å². The smallest absolute Gasteiger partial charge is 0.337 e. The molecule has 4 aromatic rings. The average Bonchev–Trinajstić information content (AvgIpc) is 2.82. The van der Waals surface area contributed by atoms with Crippen LogP contribution in [0.2, 0.25) is 0 Å². The van der Waals surface area contributed by atoms with E-state index < -0.39 is 0 Å². The van der Waals surface area contributed by atoms with Crippen molar-refractivity contribution in [3.63, 3.8) is 0 Å². The van der Waals surface area contributed by atoms with Crippen LogP contribution in [0.25, 0.3) is 33.3 Å². The van der Waals surface area contributed by atoms with E-state index in [9.17, 15) is 4.79 Å².